The van der Waals surface area contributed by atoms with Gasteiger partial charge >= 0.3 is 8.25 Å². The Kier molecular flexibility index (Phi) is 20.5. The fourth-order valence-electron chi connectivity index (χ4n) is 7.54. The van der Waals surface area contributed by atoms with Gasteiger partial charge in [-0.2, -0.15) is 10.5 Å². The topological polar surface area (TPSA) is 176 Å². The molecule has 0 aliphatic rings. The van der Waals surface area contributed by atoms with Gasteiger partial charge in [0.2, 0.25) is 0 Å². The Morgan fingerprint density at radius 3 is 1.40 bits per heavy atom. The molecule has 0 unspecified atom stereocenters. The maximum atomic E-state index is 12.4. The number of hydrogen-bond acceptors (Lipinski definition) is 13. The maximum Gasteiger partial charge on any atom is 0.697 e. The number of nitrogens with one attached hydrogen (secondary N) is 4. The van der Waals surface area contributed by atoms with E-state index in [9.17, 15) is 15.1 Å². The van der Waals surface area contributed by atoms with Crippen LogP contribution in [0.15, 0.2) is 118 Å². The van der Waals surface area contributed by atoms with E-state index in [4.69, 9.17) is 27.4 Å². The summed E-state index contributed by atoms with van der Waals surface area (Å²) in [7, 11) is -2.20. The lowest BCUT2D eigenvalue weighted by Crippen LogP contribution is -2.16. The normalized spacial score (nSPS) is 11.1. The molecule has 6 aromatic rings. The lowest BCUT2D eigenvalue weighted by Gasteiger charge is -2.14. The Morgan fingerprint density at radius 1 is 0.559 bits per heavy atom. The zero-order valence-corrected chi connectivity index (χ0v) is 40.5. The number of rotatable bonds is 30. The first-order valence-corrected chi connectivity index (χ1v) is 24.6. The Morgan fingerprint density at radius 2 is 1.00 bits per heavy atom. The van der Waals surface area contributed by atoms with Gasteiger partial charge in [0.15, 0.2) is 0 Å². The van der Waals surface area contributed by atoms with Crippen LogP contribution in [0.25, 0.3) is 22.6 Å². The number of benzene rings is 4. The fourth-order valence-corrected chi connectivity index (χ4v) is 8.17. The van der Waals surface area contributed by atoms with E-state index in [0.717, 1.165) is 95.0 Å². The molecule has 0 saturated carbocycles. The first-order valence-electron chi connectivity index (χ1n) is 23.5. The lowest BCUT2D eigenvalue weighted by molar-refractivity contribution is 0.220. The van der Waals surface area contributed by atoms with Crippen LogP contribution in [-0.4, -0.2) is 51.6 Å². The summed E-state index contributed by atoms with van der Waals surface area (Å²) in [4.78, 5) is 0. The van der Waals surface area contributed by atoms with Crippen molar-refractivity contribution in [3.05, 3.63) is 143 Å². The molecule has 0 saturated heterocycles. The molecule has 0 amide bonds. The number of furan rings is 2. The predicted molar refractivity (Wildman–Crippen MR) is 268 cm³/mol. The van der Waals surface area contributed by atoms with Gasteiger partial charge in [-0.05, 0) is 174 Å². The average Bonchev–Trinajstić information content (AvgIpc) is 4.09. The molecule has 356 valence electrons. The summed E-state index contributed by atoms with van der Waals surface area (Å²) in [5.41, 5.74) is 9.50. The molecule has 4 aromatic carbocycles. The van der Waals surface area contributed by atoms with Crippen LogP contribution in [0.4, 0.5) is 11.4 Å². The van der Waals surface area contributed by atoms with Crippen LogP contribution in [-0.2, 0) is 39.5 Å². The molecule has 2 heterocycles. The molecule has 68 heavy (non-hydrogen) atoms. The molecule has 2 aromatic heterocycles. The number of nitriles is 2. The summed E-state index contributed by atoms with van der Waals surface area (Å²) in [6.45, 7) is 12.7. The molecule has 0 fully saturated rings. The van der Waals surface area contributed by atoms with E-state index in [0.29, 0.717) is 74.9 Å². The summed E-state index contributed by atoms with van der Waals surface area (Å²) in [5, 5.41) is 33.2. The van der Waals surface area contributed by atoms with Crippen LogP contribution in [0.5, 0.6) is 11.5 Å². The zero-order valence-electron chi connectivity index (χ0n) is 39.6. The molecule has 0 aliphatic heterocycles. The Balaban J connectivity index is 0.839. The minimum absolute atomic E-state index is 0.0105. The average molecular weight is 940 g/mol. The van der Waals surface area contributed by atoms with Crippen molar-refractivity contribution in [1.82, 2.24) is 10.6 Å². The molecular formula is C54H64N6O7P+. The number of nitrogens with zero attached hydrogens (tertiary/aromatic N) is 2. The summed E-state index contributed by atoms with van der Waals surface area (Å²) < 4.78 is 46.4. The summed E-state index contributed by atoms with van der Waals surface area (Å²) in [6, 6.07) is 36.5. The highest BCUT2D eigenvalue weighted by molar-refractivity contribution is 7.33. The van der Waals surface area contributed by atoms with Gasteiger partial charge in [0.25, 0.3) is 0 Å². The van der Waals surface area contributed by atoms with Crippen LogP contribution in [0.3, 0.4) is 0 Å². The lowest BCUT2D eigenvalue weighted by atomic mass is 10.0. The fraction of sp³-hybridized carbons (Fsp3) is 0.370. The van der Waals surface area contributed by atoms with Gasteiger partial charge in [0.1, 0.15) is 48.4 Å². The maximum absolute atomic E-state index is 12.4. The van der Waals surface area contributed by atoms with Crippen molar-refractivity contribution in [1.29, 1.82) is 10.5 Å². The largest absolute Gasteiger partial charge is 0.697 e. The van der Waals surface area contributed by atoms with Crippen molar-refractivity contribution in [2.45, 2.75) is 91.5 Å². The summed E-state index contributed by atoms with van der Waals surface area (Å²) in [6.07, 6.45) is 8.18. The smallest absolute Gasteiger partial charge is 0.490 e. The SMILES string of the molecule is CC(C)Oc1ccc(CCCNc2ccc(CNCCCO[P+](=O)OCCCNCc3ccc(NCCCc4ccc(OC(C)C)c(C#N)c4)c(-c4ccco4)c3)cc2-c2ccco2)cc1C#N. The van der Waals surface area contributed by atoms with Gasteiger partial charge < -0.3 is 39.6 Å². The van der Waals surface area contributed by atoms with E-state index >= 15 is 0 Å². The minimum atomic E-state index is -2.20. The molecule has 13 nitrogen and oxygen atoms in total. The van der Waals surface area contributed by atoms with E-state index in [1.54, 1.807) is 12.5 Å². The molecule has 0 bridgehead atoms. The minimum Gasteiger partial charge on any atom is -0.490 e. The quantitative estimate of drug-likeness (QED) is 0.0248. The van der Waals surface area contributed by atoms with Gasteiger partial charge in [-0.25, -0.2) is 0 Å². The van der Waals surface area contributed by atoms with Gasteiger partial charge in [-0.15, -0.1) is 9.05 Å². The van der Waals surface area contributed by atoms with Crippen LogP contribution in [0.2, 0.25) is 0 Å². The Hall–Kier alpha value is -6.44. The standard InChI is InChI=1S/C54H64N6O7P/c1-39(2)66-51-21-17-41(31-45(51)35-55)11-5-25-59-49-19-15-43(33-47(49)53-13-7-27-62-53)37-57-23-9-29-64-68(61)65-30-10-24-58-38-44-16-20-50(48(34-44)54-14-8-28-63-54)60-26-6-12-42-18-22-52(67-40(3)4)46(32-42)36-56/h7-8,13-22,27-28,31-34,39-40,57-60H,5-6,9-12,23-26,29-30,37-38H2,1-4H3/q+1. The van der Waals surface area contributed by atoms with Crippen molar-refractivity contribution in [2.24, 2.45) is 0 Å². The van der Waals surface area contributed by atoms with Crippen LogP contribution in [0.1, 0.15) is 86.8 Å². The molecule has 14 heteroatoms. The van der Waals surface area contributed by atoms with Crippen molar-refractivity contribution >= 4 is 19.6 Å². The Bertz CT molecular complexity index is 2390. The molecule has 4 N–H and O–H groups in total. The summed E-state index contributed by atoms with van der Waals surface area (Å²) >= 11 is 0. The Labute approximate surface area is 402 Å². The highest BCUT2D eigenvalue weighted by Crippen LogP contribution is 2.32. The number of hydrogen-bond donors (Lipinski definition) is 4. The van der Waals surface area contributed by atoms with Gasteiger partial charge in [-0.3, -0.25) is 0 Å². The van der Waals surface area contributed by atoms with Crippen molar-refractivity contribution in [3.8, 4) is 46.3 Å². The third-order valence-corrected chi connectivity index (χ3v) is 11.5. The second-order valence-corrected chi connectivity index (χ2v) is 17.9. The second-order valence-electron chi connectivity index (χ2n) is 16.9. The molecule has 0 aliphatic carbocycles. The van der Waals surface area contributed by atoms with E-state index < -0.39 is 8.25 Å². The first-order chi connectivity index (χ1) is 33.2. The predicted octanol–water partition coefficient (Wildman–Crippen LogP) is 12.0. The number of anilines is 2. The molecule has 0 atom stereocenters. The van der Waals surface area contributed by atoms with Crippen molar-refractivity contribution in [3.63, 3.8) is 0 Å². The molecule has 6 rings (SSSR count). The van der Waals surface area contributed by atoms with Gasteiger partial charge in [0.05, 0.1) is 35.9 Å². The second kappa shape index (κ2) is 27.4. The number of aryl methyl sites for hydroxylation is 2. The third-order valence-electron chi connectivity index (χ3n) is 10.8. The third kappa shape index (κ3) is 16.4. The van der Waals surface area contributed by atoms with Crippen molar-refractivity contribution < 1.29 is 31.9 Å². The molecule has 0 spiro atoms. The van der Waals surface area contributed by atoms with Crippen LogP contribution in [0, 0.1) is 22.7 Å². The van der Waals surface area contributed by atoms with E-state index in [1.807, 2.05) is 88.4 Å². The highest BCUT2D eigenvalue weighted by Gasteiger charge is 2.19. The van der Waals surface area contributed by atoms with Crippen LogP contribution >= 0.6 is 8.25 Å². The van der Waals surface area contributed by atoms with Crippen LogP contribution < -0.4 is 30.7 Å². The van der Waals surface area contributed by atoms with Crippen molar-refractivity contribution in [2.75, 3.05) is 50.0 Å². The zero-order chi connectivity index (χ0) is 47.9. The molecular weight excluding hydrogens is 876 g/mol. The highest BCUT2D eigenvalue weighted by atomic mass is 31.1. The monoisotopic (exact) mass is 939 g/mol. The van der Waals surface area contributed by atoms with E-state index in [1.165, 1.54) is 0 Å². The number of ether oxygens (including phenoxy) is 2. The molecule has 0 radical (unpaired) electrons. The summed E-state index contributed by atoms with van der Waals surface area (Å²) in [5.74, 6) is 2.82. The van der Waals surface area contributed by atoms with E-state index in [2.05, 4.69) is 69.8 Å². The van der Waals surface area contributed by atoms with E-state index in [-0.39, 0.29) is 12.2 Å². The first kappa shape index (κ1) is 51.0. The van der Waals surface area contributed by atoms with Gasteiger partial charge in [-0.1, -0.05) is 24.3 Å². The van der Waals surface area contributed by atoms with Gasteiger partial charge in [0, 0.05) is 53.2 Å².